The van der Waals surface area contributed by atoms with E-state index in [2.05, 4.69) is 34.6 Å². The third kappa shape index (κ3) is 3.41. The molecule has 2 aliphatic heterocycles. The van der Waals surface area contributed by atoms with E-state index in [0.29, 0.717) is 18.4 Å². The number of aromatic nitrogens is 3. The fourth-order valence-electron chi connectivity index (χ4n) is 4.25. The number of piperidine rings is 1. The second kappa shape index (κ2) is 6.77. The van der Waals surface area contributed by atoms with E-state index in [9.17, 15) is 4.79 Å². The summed E-state index contributed by atoms with van der Waals surface area (Å²) in [6.45, 7) is 4.53. The monoisotopic (exact) mass is 341 g/mol. The van der Waals surface area contributed by atoms with Gasteiger partial charge in [0.25, 0.3) is 5.56 Å². The highest BCUT2D eigenvalue weighted by Crippen LogP contribution is 2.31. The number of hydrogen-bond acceptors (Lipinski definition) is 4. The average molecular weight is 341 g/mol. The largest absolute Gasteiger partial charge is 0.316 e. The van der Waals surface area contributed by atoms with Crippen molar-refractivity contribution in [1.82, 2.24) is 24.6 Å². The second-order valence-corrected chi connectivity index (χ2v) is 7.67. The molecule has 2 aromatic heterocycles. The maximum Gasteiger partial charge on any atom is 0.255 e. The van der Waals surface area contributed by atoms with Crippen molar-refractivity contribution >= 4 is 0 Å². The van der Waals surface area contributed by atoms with Crippen LogP contribution in [-0.2, 0) is 26.6 Å². The quantitative estimate of drug-likeness (QED) is 0.880. The first-order chi connectivity index (χ1) is 12.1. The predicted octanol–water partition coefficient (Wildman–Crippen LogP) is 0.963. The molecule has 4 rings (SSSR count). The van der Waals surface area contributed by atoms with Crippen LogP contribution in [0.1, 0.15) is 29.2 Å². The Hall–Kier alpha value is -1.92. The van der Waals surface area contributed by atoms with Crippen LogP contribution >= 0.6 is 0 Å². The van der Waals surface area contributed by atoms with Crippen molar-refractivity contribution in [3.8, 4) is 0 Å². The first-order valence-corrected chi connectivity index (χ1v) is 9.19. The number of fused-ring (bicyclic) bond motifs is 4. The molecule has 1 N–H and O–H groups in total. The Morgan fingerprint density at radius 2 is 2.24 bits per heavy atom. The van der Waals surface area contributed by atoms with Crippen LogP contribution in [0.5, 0.6) is 0 Å². The van der Waals surface area contributed by atoms with E-state index in [1.54, 1.807) is 0 Å². The van der Waals surface area contributed by atoms with E-state index >= 15 is 0 Å². The van der Waals surface area contributed by atoms with Gasteiger partial charge in [0.15, 0.2) is 0 Å². The fraction of sp³-hybridized carbons (Fsp3) is 0.579. The Morgan fingerprint density at radius 1 is 1.36 bits per heavy atom. The molecule has 0 saturated carbocycles. The lowest BCUT2D eigenvalue weighted by molar-refractivity contribution is 0.255. The molecule has 6 heteroatoms. The van der Waals surface area contributed by atoms with Crippen molar-refractivity contribution < 1.29 is 0 Å². The van der Waals surface area contributed by atoms with Crippen molar-refractivity contribution in [1.29, 1.82) is 0 Å². The summed E-state index contributed by atoms with van der Waals surface area (Å²) in [5.74, 6) is 1.10. The fourth-order valence-corrected chi connectivity index (χ4v) is 4.25. The molecule has 2 aliphatic rings. The molecular formula is C19H27N5O. The topological polar surface area (TPSA) is 55.1 Å². The number of hydrogen-bond donors (Lipinski definition) is 1. The molecular weight excluding hydrogens is 314 g/mol. The summed E-state index contributed by atoms with van der Waals surface area (Å²) >= 11 is 0. The van der Waals surface area contributed by atoms with Crippen LogP contribution in [0.15, 0.2) is 29.3 Å². The van der Waals surface area contributed by atoms with Gasteiger partial charge in [-0.05, 0) is 44.0 Å². The van der Waals surface area contributed by atoms with Gasteiger partial charge in [-0.3, -0.25) is 9.48 Å². The van der Waals surface area contributed by atoms with Gasteiger partial charge in [0, 0.05) is 56.6 Å². The number of aryl methyl sites for hydroxylation is 1. The van der Waals surface area contributed by atoms with Crippen LogP contribution in [0.3, 0.4) is 0 Å². The molecule has 0 amide bonds. The van der Waals surface area contributed by atoms with Gasteiger partial charge in [-0.15, -0.1) is 0 Å². The SMILES string of the molecule is CN(CCc1cnn(C)c1)Cc1ccc2n(c1=O)C[C@@H]1CNC[C@H]2C1. The number of nitrogens with one attached hydrogen (secondary N) is 1. The van der Waals surface area contributed by atoms with Crippen molar-refractivity contribution in [3.05, 3.63) is 51.7 Å². The Morgan fingerprint density at radius 3 is 3.04 bits per heavy atom. The lowest BCUT2D eigenvalue weighted by Crippen LogP contribution is -2.45. The summed E-state index contributed by atoms with van der Waals surface area (Å²) in [6, 6.07) is 4.23. The summed E-state index contributed by atoms with van der Waals surface area (Å²) in [6.07, 6.45) is 6.13. The first-order valence-electron chi connectivity index (χ1n) is 9.19. The molecule has 0 radical (unpaired) electrons. The summed E-state index contributed by atoms with van der Waals surface area (Å²) in [7, 11) is 4.02. The first kappa shape index (κ1) is 16.5. The zero-order valence-corrected chi connectivity index (χ0v) is 15.1. The average Bonchev–Trinajstić information content (AvgIpc) is 3.02. The molecule has 4 heterocycles. The lowest BCUT2D eigenvalue weighted by Gasteiger charge is -2.37. The van der Waals surface area contributed by atoms with Crippen LogP contribution in [0.2, 0.25) is 0 Å². The van der Waals surface area contributed by atoms with Gasteiger partial charge in [0.1, 0.15) is 0 Å². The third-order valence-electron chi connectivity index (χ3n) is 5.57. The summed E-state index contributed by atoms with van der Waals surface area (Å²) < 4.78 is 3.88. The zero-order valence-electron chi connectivity index (χ0n) is 15.1. The van der Waals surface area contributed by atoms with Gasteiger partial charge in [-0.1, -0.05) is 6.07 Å². The van der Waals surface area contributed by atoms with E-state index in [1.807, 2.05) is 28.6 Å². The Balaban J connectivity index is 1.46. The predicted molar refractivity (Wildman–Crippen MR) is 97.7 cm³/mol. The highest BCUT2D eigenvalue weighted by molar-refractivity contribution is 5.22. The molecule has 1 saturated heterocycles. The van der Waals surface area contributed by atoms with E-state index in [-0.39, 0.29) is 5.56 Å². The number of rotatable bonds is 5. The van der Waals surface area contributed by atoms with E-state index in [0.717, 1.165) is 38.2 Å². The summed E-state index contributed by atoms with van der Waals surface area (Å²) in [4.78, 5) is 15.2. The molecule has 134 valence electrons. The molecule has 1 fully saturated rings. The van der Waals surface area contributed by atoms with Crippen LogP contribution in [0.4, 0.5) is 0 Å². The molecule has 2 atom stereocenters. The third-order valence-corrected chi connectivity index (χ3v) is 5.57. The summed E-state index contributed by atoms with van der Waals surface area (Å²) in [5.41, 5.74) is 3.57. The van der Waals surface area contributed by atoms with E-state index < -0.39 is 0 Å². The molecule has 2 aromatic rings. The van der Waals surface area contributed by atoms with Crippen molar-refractivity contribution in [2.45, 2.75) is 31.8 Å². The van der Waals surface area contributed by atoms with E-state index in [4.69, 9.17) is 0 Å². The maximum absolute atomic E-state index is 13.0. The molecule has 6 nitrogen and oxygen atoms in total. The molecule has 2 bridgehead atoms. The van der Waals surface area contributed by atoms with Crippen molar-refractivity contribution in [2.75, 3.05) is 26.7 Å². The zero-order chi connectivity index (χ0) is 17.4. The highest BCUT2D eigenvalue weighted by Gasteiger charge is 2.31. The maximum atomic E-state index is 13.0. The Kier molecular flexibility index (Phi) is 4.48. The smallest absolute Gasteiger partial charge is 0.255 e. The minimum atomic E-state index is 0.210. The van der Waals surface area contributed by atoms with Crippen LogP contribution in [-0.4, -0.2) is 45.9 Å². The highest BCUT2D eigenvalue weighted by atomic mass is 16.1. The van der Waals surface area contributed by atoms with Crippen molar-refractivity contribution in [2.24, 2.45) is 13.0 Å². The van der Waals surface area contributed by atoms with Gasteiger partial charge >= 0.3 is 0 Å². The van der Waals surface area contributed by atoms with Gasteiger partial charge in [0.05, 0.1) is 6.20 Å². The van der Waals surface area contributed by atoms with Crippen LogP contribution in [0.25, 0.3) is 0 Å². The number of likely N-dealkylation sites (N-methyl/N-ethyl adjacent to an activating group) is 1. The minimum Gasteiger partial charge on any atom is -0.316 e. The number of nitrogens with zero attached hydrogens (tertiary/aromatic N) is 4. The second-order valence-electron chi connectivity index (χ2n) is 7.67. The molecule has 0 spiro atoms. The Labute approximate surface area is 148 Å². The van der Waals surface area contributed by atoms with Crippen molar-refractivity contribution in [3.63, 3.8) is 0 Å². The van der Waals surface area contributed by atoms with Gasteiger partial charge < -0.3 is 14.8 Å². The normalized spacial score (nSPS) is 22.2. The van der Waals surface area contributed by atoms with E-state index in [1.165, 1.54) is 17.7 Å². The standard InChI is InChI=1S/C19H27N5O/c1-22(6-5-14-9-21-23(2)11-14)13-16-3-4-18-17-7-15(8-20-10-17)12-24(18)19(16)25/h3-4,9,11,15,17,20H,5-8,10,12-13H2,1-2H3/t15-,17+/m0/s1. The van der Waals surface area contributed by atoms with Crippen LogP contribution < -0.4 is 10.9 Å². The van der Waals surface area contributed by atoms with Gasteiger partial charge in [-0.2, -0.15) is 5.10 Å². The number of pyridine rings is 1. The molecule has 0 aliphatic carbocycles. The molecule has 0 aromatic carbocycles. The van der Waals surface area contributed by atoms with Gasteiger partial charge in [0.2, 0.25) is 0 Å². The summed E-state index contributed by atoms with van der Waals surface area (Å²) in [5, 5.41) is 7.71. The molecule has 25 heavy (non-hydrogen) atoms. The Bertz CT molecular complexity index is 808. The minimum absolute atomic E-state index is 0.210. The molecule has 0 unspecified atom stereocenters. The van der Waals surface area contributed by atoms with Gasteiger partial charge in [-0.25, -0.2) is 0 Å². The lowest BCUT2D eigenvalue weighted by atomic mass is 9.84. The van der Waals surface area contributed by atoms with Crippen LogP contribution in [0, 0.1) is 5.92 Å².